The van der Waals surface area contributed by atoms with Crippen LogP contribution in [0.5, 0.6) is 0 Å². The second-order valence-corrected chi connectivity index (χ2v) is 8.80. The van der Waals surface area contributed by atoms with Gasteiger partial charge < -0.3 is 25.0 Å². The van der Waals surface area contributed by atoms with Gasteiger partial charge in [0.1, 0.15) is 11.8 Å². The Morgan fingerprint density at radius 3 is 2.78 bits per heavy atom. The monoisotopic (exact) mass is 434 g/mol. The molecule has 1 saturated heterocycles. The minimum absolute atomic E-state index is 0.242. The maximum absolute atomic E-state index is 12.5. The summed E-state index contributed by atoms with van der Waals surface area (Å²) in [6, 6.07) is 5.98. The Balaban J connectivity index is 1.63. The molecule has 0 aliphatic carbocycles. The zero-order valence-electron chi connectivity index (χ0n) is 18.1. The number of H-pyrrole nitrogens is 1. The van der Waals surface area contributed by atoms with E-state index in [4.69, 9.17) is 0 Å². The molecule has 2 aromatic heterocycles. The summed E-state index contributed by atoms with van der Waals surface area (Å²) in [4.78, 5) is 35.2. The zero-order valence-corrected chi connectivity index (χ0v) is 18.1. The minimum Gasteiger partial charge on any atom is -0.465 e. The number of fused-ring (bicyclic) bond motifs is 2. The van der Waals surface area contributed by atoms with Gasteiger partial charge in [-0.05, 0) is 72.7 Å². The Hall–Kier alpha value is -3.39. The van der Waals surface area contributed by atoms with Gasteiger partial charge in [0, 0.05) is 43.0 Å². The van der Waals surface area contributed by atoms with E-state index in [1.807, 2.05) is 19.3 Å². The Labute approximate surface area is 185 Å². The summed E-state index contributed by atoms with van der Waals surface area (Å²) < 4.78 is 0. The molecule has 0 spiro atoms. The van der Waals surface area contributed by atoms with E-state index >= 15 is 0 Å². The van der Waals surface area contributed by atoms with Gasteiger partial charge in [0.05, 0.1) is 6.04 Å². The average molecular weight is 434 g/mol. The van der Waals surface area contributed by atoms with Crippen molar-refractivity contribution in [1.29, 1.82) is 0 Å². The lowest BCUT2D eigenvalue weighted by Crippen LogP contribution is -2.34. The minimum atomic E-state index is -1.07. The predicted molar refractivity (Wildman–Crippen MR) is 119 cm³/mol. The van der Waals surface area contributed by atoms with Crippen molar-refractivity contribution in [2.75, 3.05) is 6.54 Å². The molecule has 1 unspecified atom stereocenters. The number of amides is 2. The number of benzene rings is 1. The molecule has 0 radical (unpaired) electrons. The maximum atomic E-state index is 12.5. The first-order chi connectivity index (χ1) is 15.3. The number of carbonyl (C=O) groups is 2. The van der Waals surface area contributed by atoms with Gasteiger partial charge in [-0.3, -0.25) is 4.79 Å². The number of carboxylic acid groups (broad SMARTS) is 1. The fourth-order valence-corrected chi connectivity index (χ4v) is 5.04. The Bertz CT molecular complexity index is 1230. The van der Waals surface area contributed by atoms with Crippen LogP contribution in [0, 0.1) is 6.92 Å². The fraction of sp³-hybridized carbons (Fsp3) is 0.375. The lowest BCUT2D eigenvalue weighted by Gasteiger charge is -2.25. The van der Waals surface area contributed by atoms with Crippen LogP contribution in [0.3, 0.4) is 0 Å². The van der Waals surface area contributed by atoms with E-state index in [9.17, 15) is 19.8 Å². The van der Waals surface area contributed by atoms with Crippen LogP contribution < -0.4 is 0 Å². The molecular formula is C24H26N4O4. The Morgan fingerprint density at radius 2 is 2.03 bits per heavy atom. The third-order valence-corrected chi connectivity index (χ3v) is 6.68. The number of hydrogen-bond acceptors (Lipinski definition) is 4. The van der Waals surface area contributed by atoms with Gasteiger partial charge >= 0.3 is 6.09 Å². The SMILES string of the molecule is Cc1c[nH]c2ncc(-c3cc4c(c([C@H]5CCCN5C(=O)O)c3)CN(C(=O)C(C)O)C4)cc12. The van der Waals surface area contributed by atoms with E-state index in [-0.39, 0.29) is 11.9 Å². The number of carbonyl (C=O) groups excluding carboxylic acids is 1. The molecule has 8 heteroatoms. The van der Waals surface area contributed by atoms with Gasteiger partial charge in [-0.1, -0.05) is 0 Å². The first-order valence-electron chi connectivity index (χ1n) is 10.9. The van der Waals surface area contributed by atoms with Gasteiger partial charge in [-0.25, -0.2) is 9.78 Å². The fourth-order valence-electron chi connectivity index (χ4n) is 5.04. The standard InChI is InChI=1S/C24H26N4O4/c1-13-9-25-22-18(13)8-16(10-26-22)15-6-17-11-27(23(30)14(2)29)12-20(17)19(7-15)21-4-3-5-28(21)24(31)32/h6-10,14,21,29H,3-5,11-12H2,1-2H3,(H,25,26)(H,31,32)/t14?,21-/m1/s1. The van der Waals surface area contributed by atoms with Gasteiger partial charge in [-0.2, -0.15) is 0 Å². The number of nitrogens with zero attached hydrogens (tertiary/aromatic N) is 3. The van der Waals surface area contributed by atoms with Crippen LogP contribution in [-0.2, 0) is 17.9 Å². The Kier molecular flexibility index (Phi) is 4.89. The van der Waals surface area contributed by atoms with E-state index in [1.54, 1.807) is 4.90 Å². The molecule has 4 heterocycles. The predicted octanol–water partition coefficient (Wildman–Crippen LogP) is 3.58. The highest BCUT2D eigenvalue weighted by Crippen LogP contribution is 2.41. The number of aliphatic hydroxyl groups is 1. The second kappa shape index (κ2) is 7.63. The van der Waals surface area contributed by atoms with Crippen LogP contribution in [0.25, 0.3) is 22.2 Å². The first kappa shape index (κ1) is 20.5. The number of nitrogens with one attached hydrogen (secondary N) is 1. The normalized spacial score (nSPS) is 18.9. The highest BCUT2D eigenvalue weighted by Gasteiger charge is 2.35. The van der Waals surface area contributed by atoms with Gasteiger partial charge in [-0.15, -0.1) is 0 Å². The summed E-state index contributed by atoms with van der Waals surface area (Å²) in [6.07, 6.45) is 3.31. The van der Waals surface area contributed by atoms with Crippen molar-refractivity contribution >= 4 is 23.0 Å². The summed E-state index contributed by atoms with van der Waals surface area (Å²) >= 11 is 0. The highest BCUT2D eigenvalue weighted by atomic mass is 16.4. The molecule has 0 bridgehead atoms. The molecule has 2 amide bonds. The van der Waals surface area contributed by atoms with Crippen LogP contribution in [0.1, 0.15) is 48.1 Å². The summed E-state index contributed by atoms with van der Waals surface area (Å²) in [6.45, 7) is 4.79. The molecule has 0 saturated carbocycles. The smallest absolute Gasteiger partial charge is 0.407 e. The number of likely N-dealkylation sites (tertiary alicyclic amines) is 1. The molecule has 8 nitrogen and oxygen atoms in total. The zero-order chi connectivity index (χ0) is 22.6. The lowest BCUT2D eigenvalue weighted by atomic mass is 9.91. The van der Waals surface area contributed by atoms with Gasteiger partial charge in [0.2, 0.25) is 0 Å². The van der Waals surface area contributed by atoms with Crippen molar-refractivity contribution in [3.05, 3.63) is 52.8 Å². The molecular weight excluding hydrogens is 408 g/mol. The average Bonchev–Trinajstić information content (AvgIpc) is 3.50. The van der Waals surface area contributed by atoms with E-state index in [0.29, 0.717) is 19.6 Å². The molecule has 1 aromatic carbocycles. The number of aliphatic hydroxyl groups excluding tert-OH is 1. The number of rotatable bonds is 3. The van der Waals surface area contributed by atoms with Crippen molar-refractivity contribution in [2.24, 2.45) is 0 Å². The quantitative estimate of drug-likeness (QED) is 0.584. The molecule has 3 aromatic rings. The van der Waals surface area contributed by atoms with E-state index in [1.165, 1.54) is 11.8 Å². The van der Waals surface area contributed by atoms with Crippen LogP contribution in [0.15, 0.2) is 30.6 Å². The molecule has 5 rings (SSSR count). The summed E-state index contributed by atoms with van der Waals surface area (Å²) in [5, 5.41) is 20.6. The molecule has 32 heavy (non-hydrogen) atoms. The van der Waals surface area contributed by atoms with Crippen molar-refractivity contribution in [3.63, 3.8) is 0 Å². The molecule has 3 N–H and O–H groups in total. The van der Waals surface area contributed by atoms with Crippen molar-refractivity contribution < 1.29 is 19.8 Å². The van der Waals surface area contributed by atoms with E-state index in [0.717, 1.165) is 57.3 Å². The van der Waals surface area contributed by atoms with Crippen molar-refractivity contribution in [3.8, 4) is 11.1 Å². The van der Waals surface area contributed by atoms with Crippen LogP contribution in [0.4, 0.5) is 4.79 Å². The summed E-state index contributed by atoms with van der Waals surface area (Å²) in [7, 11) is 0. The van der Waals surface area contributed by atoms with Crippen LogP contribution in [0.2, 0.25) is 0 Å². The maximum Gasteiger partial charge on any atom is 0.407 e. The number of aromatic nitrogens is 2. The van der Waals surface area contributed by atoms with E-state index < -0.39 is 12.2 Å². The largest absolute Gasteiger partial charge is 0.465 e. The third-order valence-electron chi connectivity index (χ3n) is 6.68. The molecule has 2 atom stereocenters. The number of aryl methyl sites for hydroxylation is 1. The summed E-state index contributed by atoms with van der Waals surface area (Å²) in [5.74, 6) is -0.318. The van der Waals surface area contributed by atoms with Gasteiger partial charge in [0.25, 0.3) is 5.91 Å². The molecule has 2 aliphatic rings. The Morgan fingerprint density at radius 1 is 1.22 bits per heavy atom. The summed E-state index contributed by atoms with van der Waals surface area (Å²) in [5.41, 5.74) is 6.78. The number of pyridine rings is 1. The topological polar surface area (TPSA) is 110 Å². The first-order valence-corrected chi connectivity index (χ1v) is 10.9. The van der Waals surface area contributed by atoms with Crippen LogP contribution in [-0.4, -0.2) is 54.6 Å². The van der Waals surface area contributed by atoms with Crippen LogP contribution >= 0.6 is 0 Å². The molecule has 1 fully saturated rings. The van der Waals surface area contributed by atoms with Crippen molar-refractivity contribution in [2.45, 2.75) is 51.9 Å². The number of hydrogen-bond donors (Lipinski definition) is 3. The molecule has 2 aliphatic heterocycles. The lowest BCUT2D eigenvalue weighted by molar-refractivity contribution is -0.139. The number of aromatic amines is 1. The molecule has 166 valence electrons. The van der Waals surface area contributed by atoms with E-state index in [2.05, 4.69) is 28.2 Å². The van der Waals surface area contributed by atoms with Crippen molar-refractivity contribution in [1.82, 2.24) is 19.8 Å². The van der Waals surface area contributed by atoms with Gasteiger partial charge in [0.15, 0.2) is 0 Å². The highest BCUT2D eigenvalue weighted by molar-refractivity contribution is 5.85. The second-order valence-electron chi connectivity index (χ2n) is 8.80. The third kappa shape index (κ3) is 3.31.